The van der Waals surface area contributed by atoms with E-state index >= 15 is 0 Å². The Kier molecular flexibility index (Phi) is 22.7. The molecule has 6 heteroatoms. The van der Waals surface area contributed by atoms with E-state index in [2.05, 4.69) is 6.92 Å². The van der Waals surface area contributed by atoms with Crippen molar-refractivity contribution in [1.29, 1.82) is 0 Å². The minimum Gasteiger partial charge on any atom is -0.287 e. The van der Waals surface area contributed by atoms with Gasteiger partial charge in [0.25, 0.3) is 0 Å². The molecule has 0 aromatic rings. The average molecular weight is 439 g/mol. The standard InChI is InChI=1S/C20H38O2S4/c1-3-5-6-7-8-9-10-11-12-13-14-20(22)24-16-18-26-25-17-15-23-19(21)4-2/h3-18H2,1-2H3. The third-order valence-electron chi connectivity index (χ3n) is 3.97. The van der Waals surface area contributed by atoms with E-state index in [-0.39, 0.29) is 5.12 Å². The molecule has 0 aliphatic heterocycles. The Morgan fingerprint density at radius 2 is 1.04 bits per heavy atom. The van der Waals surface area contributed by atoms with E-state index < -0.39 is 0 Å². The lowest BCUT2D eigenvalue weighted by Crippen LogP contribution is -1.95. The Balaban J connectivity index is 3.19. The smallest absolute Gasteiger partial charge is 0.188 e. The molecule has 0 radical (unpaired) electrons. The fourth-order valence-corrected chi connectivity index (χ4v) is 6.75. The minimum absolute atomic E-state index is 0.281. The summed E-state index contributed by atoms with van der Waals surface area (Å²) in [7, 11) is 3.63. The van der Waals surface area contributed by atoms with Crippen molar-refractivity contribution in [2.75, 3.05) is 23.0 Å². The molecule has 0 saturated carbocycles. The molecule has 0 aromatic carbocycles. The summed E-state index contributed by atoms with van der Waals surface area (Å²) in [6.45, 7) is 4.16. The third kappa shape index (κ3) is 21.0. The fourth-order valence-electron chi connectivity index (χ4n) is 2.43. The molecule has 0 bridgehead atoms. The molecule has 0 aliphatic rings. The normalized spacial score (nSPS) is 11.0. The van der Waals surface area contributed by atoms with Crippen LogP contribution in [0.25, 0.3) is 0 Å². The first-order valence-corrected chi connectivity index (χ1v) is 14.7. The second-order valence-corrected chi connectivity index (χ2v) is 11.4. The molecule has 0 unspecified atom stereocenters. The van der Waals surface area contributed by atoms with Crippen LogP contribution in [0.15, 0.2) is 0 Å². The molecule has 0 rings (SSSR count). The van der Waals surface area contributed by atoms with Crippen LogP contribution in [0.5, 0.6) is 0 Å². The van der Waals surface area contributed by atoms with Crippen LogP contribution in [0.3, 0.4) is 0 Å². The Morgan fingerprint density at radius 3 is 1.54 bits per heavy atom. The summed E-state index contributed by atoms with van der Waals surface area (Å²) in [6, 6.07) is 0. The number of unbranched alkanes of at least 4 members (excludes halogenated alkanes) is 9. The molecule has 0 aromatic heterocycles. The van der Waals surface area contributed by atoms with Crippen LogP contribution in [0, 0.1) is 0 Å². The van der Waals surface area contributed by atoms with E-state index in [0.29, 0.717) is 11.5 Å². The van der Waals surface area contributed by atoms with E-state index in [1.165, 1.54) is 81.3 Å². The van der Waals surface area contributed by atoms with Crippen molar-refractivity contribution >= 4 is 55.3 Å². The van der Waals surface area contributed by atoms with Gasteiger partial charge in [-0.2, -0.15) is 0 Å². The number of hydrogen-bond donors (Lipinski definition) is 0. The number of hydrogen-bond acceptors (Lipinski definition) is 6. The van der Waals surface area contributed by atoms with E-state index in [4.69, 9.17) is 0 Å². The highest BCUT2D eigenvalue weighted by atomic mass is 33.1. The molecule has 26 heavy (non-hydrogen) atoms. The quantitative estimate of drug-likeness (QED) is 0.152. The second-order valence-electron chi connectivity index (χ2n) is 6.37. The van der Waals surface area contributed by atoms with Crippen molar-refractivity contribution in [2.24, 2.45) is 0 Å². The van der Waals surface area contributed by atoms with Gasteiger partial charge in [0.05, 0.1) is 0 Å². The van der Waals surface area contributed by atoms with Gasteiger partial charge in [-0.05, 0) is 6.42 Å². The molecule has 0 saturated heterocycles. The predicted molar refractivity (Wildman–Crippen MR) is 127 cm³/mol. The molecule has 0 spiro atoms. The third-order valence-corrected chi connectivity index (χ3v) is 8.84. The highest BCUT2D eigenvalue weighted by molar-refractivity contribution is 8.76. The lowest BCUT2D eigenvalue weighted by molar-refractivity contribution is -0.111. The van der Waals surface area contributed by atoms with Crippen molar-refractivity contribution < 1.29 is 9.59 Å². The zero-order chi connectivity index (χ0) is 19.3. The molecule has 0 aliphatic carbocycles. The topological polar surface area (TPSA) is 34.1 Å². The van der Waals surface area contributed by atoms with E-state index in [9.17, 15) is 9.59 Å². The number of carbonyl (C=O) groups excluding carboxylic acids is 2. The van der Waals surface area contributed by atoms with Gasteiger partial charge < -0.3 is 0 Å². The number of carbonyl (C=O) groups is 2. The molecule has 154 valence electrons. The summed E-state index contributed by atoms with van der Waals surface area (Å²) in [5.41, 5.74) is 0. The van der Waals surface area contributed by atoms with Crippen LogP contribution >= 0.6 is 45.1 Å². The Hall–Kier alpha value is 0.740. The van der Waals surface area contributed by atoms with E-state index in [1.807, 2.05) is 28.5 Å². The number of thioether (sulfide) groups is 2. The fraction of sp³-hybridized carbons (Fsp3) is 0.900. The van der Waals surface area contributed by atoms with Crippen LogP contribution in [-0.4, -0.2) is 33.2 Å². The zero-order valence-electron chi connectivity index (χ0n) is 16.8. The lowest BCUT2D eigenvalue weighted by Gasteiger charge is -2.03. The lowest BCUT2D eigenvalue weighted by atomic mass is 10.1. The number of rotatable bonds is 19. The van der Waals surface area contributed by atoms with Gasteiger partial charge in [-0.1, -0.05) is 117 Å². The predicted octanol–water partition coefficient (Wildman–Crippen LogP) is 7.61. The highest BCUT2D eigenvalue weighted by Crippen LogP contribution is 2.24. The van der Waals surface area contributed by atoms with Crippen molar-refractivity contribution in [3.05, 3.63) is 0 Å². The Labute approximate surface area is 178 Å². The zero-order valence-corrected chi connectivity index (χ0v) is 20.0. The first-order valence-electron chi connectivity index (χ1n) is 10.3. The van der Waals surface area contributed by atoms with Crippen LogP contribution < -0.4 is 0 Å². The van der Waals surface area contributed by atoms with Gasteiger partial charge in [-0.3, -0.25) is 9.59 Å². The van der Waals surface area contributed by atoms with Crippen LogP contribution in [0.4, 0.5) is 0 Å². The highest BCUT2D eigenvalue weighted by Gasteiger charge is 2.03. The summed E-state index contributed by atoms with van der Waals surface area (Å²) in [6.07, 6.45) is 14.5. The molecular formula is C20H38O2S4. The Bertz CT molecular complexity index is 338. The minimum atomic E-state index is 0.281. The van der Waals surface area contributed by atoms with Crippen LogP contribution in [0.2, 0.25) is 0 Å². The molecule has 0 atom stereocenters. The molecule has 0 amide bonds. The average Bonchev–Trinajstić information content (AvgIpc) is 2.65. The monoisotopic (exact) mass is 438 g/mol. The molecule has 0 N–H and O–H groups in total. The summed E-state index contributed by atoms with van der Waals surface area (Å²) < 4.78 is 0. The summed E-state index contributed by atoms with van der Waals surface area (Å²) in [5.74, 6) is 3.81. The van der Waals surface area contributed by atoms with Gasteiger partial charge in [-0.15, -0.1) is 0 Å². The maximum Gasteiger partial charge on any atom is 0.188 e. The Morgan fingerprint density at radius 1 is 0.577 bits per heavy atom. The van der Waals surface area contributed by atoms with Crippen molar-refractivity contribution in [3.63, 3.8) is 0 Å². The summed E-state index contributed by atoms with van der Waals surface area (Å²) >= 11 is 2.93. The van der Waals surface area contributed by atoms with Crippen molar-refractivity contribution in [3.8, 4) is 0 Å². The SMILES string of the molecule is CCCCCCCCCCCCC(=O)SCCSSCCSC(=O)CC. The second kappa shape index (κ2) is 22.0. The molecule has 0 heterocycles. The van der Waals surface area contributed by atoms with Gasteiger partial charge in [0.15, 0.2) is 10.2 Å². The summed E-state index contributed by atoms with van der Waals surface area (Å²) in [5, 5.41) is 0.642. The maximum atomic E-state index is 11.8. The largest absolute Gasteiger partial charge is 0.287 e. The molecule has 2 nitrogen and oxygen atoms in total. The molecular weight excluding hydrogens is 400 g/mol. The van der Waals surface area contributed by atoms with Gasteiger partial charge in [0.1, 0.15) is 0 Å². The van der Waals surface area contributed by atoms with E-state index in [1.54, 1.807) is 0 Å². The maximum absolute atomic E-state index is 11.8. The van der Waals surface area contributed by atoms with E-state index in [0.717, 1.165) is 35.9 Å². The van der Waals surface area contributed by atoms with Gasteiger partial charge >= 0.3 is 0 Å². The van der Waals surface area contributed by atoms with Crippen LogP contribution in [-0.2, 0) is 9.59 Å². The first-order chi connectivity index (χ1) is 12.7. The summed E-state index contributed by atoms with van der Waals surface area (Å²) in [4.78, 5) is 23.0. The van der Waals surface area contributed by atoms with Gasteiger partial charge in [-0.25, -0.2) is 0 Å². The van der Waals surface area contributed by atoms with Crippen molar-refractivity contribution in [1.82, 2.24) is 0 Å². The first kappa shape index (κ1) is 26.7. The van der Waals surface area contributed by atoms with Crippen molar-refractivity contribution in [2.45, 2.75) is 90.9 Å². The van der Waals surface area contributed by atoms with Crippen LogP contribution in [0.1, 0.15) is 90.9 Å². The van der Waals surface area contributed by atoms with Gasteiger partial charge in [0.2, 0.25) is 0 Å². The van der Waals surface area contributed by atoms with Gasteiger partial charge in [0, 0.05) is 35.9 Å². The molecule has 0 fully saturated rings.